The van der Waals surface area contributed by atoms with Crippen LogP contribution in [0.2, 0.25) is 0 Å². The summed E-state index contributed by atoms with van der Waals surface area (Å²) in [6, 6.07) is 6.11. The van der Waals surface area contributed by atoms with Crippen molar-refractivity contribution in [3.63, 3.8) is 0 Å². The predicted molar refractivity (Wildman–Crippen MR) is 80.3 cm³/mol. The Balaban J connectivity index is 1.71. The van der Waals surface area contributed by atoms with Crippen molar-refractivity contribution in [1.29, 1.82) is 0 Å². The zero-order valence-corrected chi connectivity index (χ0v) is 13.3. The van der Waals surface area contributed by atoms with Crippen LogP contribution in [-0.4, -0.2) is 56.0 Å². The minimum atomic E-state index is -3.20. The van der Waals surface area contributed by atoms with Crippen LogP contribution < -0.4 is 0 Å². The van der Waals surface area contributed by atoms with Crippen LogP contribution in [0.4, 0.5) is 4.39 Å². The molecule has 0 bridgehead atoms. The van der Waals surface area contributed by atoms with Crippen molar-refractivity contribution in [3.05, 3.63) is 35.6 Å². The second-order valence-electron chi connectivity index (χ2n) is 6.04. The number of sulfonamides is 1. The minimum Gasteiger partial charge on any atom is -0.339 e. The third-order valence-electron chi connectivity index (χ3n) is 4.55. The molecule has 120 valence electrons. The van der Waals surface area contributed by atoms with E-state index in [1.807, 2.05) is 0 Å². The lowest BCUT2D eigenvalue weighted by Gasteiger charge is -2.35. The van der Waals surface area contributed by atoms with E-state index in [-0.39, 0.29) is 11.7 Å². The number of nitrogens with zero attached hydrogens (tertiary/aromatic N) is 2. The smallest absolute Gasteiger partial charge is 0.233 e. The summed E-state index contributed by atoms with van der Waals surface area (Å²) in [5.74, 6) is -0.277. The van der Waals surface area contributed by atoms with Crippen molar-refractivity contribution >= 4 is 15.9 Å². The van der Waals surface area contributed by atoms with Crippen molar-refractivity contribution in [1.82, 2.24) is 9.21 Å². The Morgan fingerprint density at radius 2 is 1.64 bits per heavy atom. The molecular formula is C15H19FN2O3S. The van der Waals surface area contributed by atoms with Gasteiger partial charge in [0, 0.05) is 26.2 Å². The zero-order valence-electron chi connectivity index (χ0n) is 12.5. The predicted octanol–water partition coefficient (Wildman–Crippen LogP) is 0.961. The fraction of sp³-hybridized carbons (Fsp3) is 0.533. The van der Waals surface area contributed by atoms with Gasteiger partial charge in [0.25, 0.3) is 0 Å². The maximum Gasteiger partial charge on any atom is 0.233 e. The van der Waals surface area contributed by atoms with E-state index in [9.17, 15) is 17.6 Å². The Kier molecular flexibility index (Phi) is 3.72. The number of rotatable bonds is 3. The maximum absolute atomic E-state index is 13.0. The molecule has 7 heteroatoms. The first-order chi connectivity index (χ1) is 10.3. The highest BCUT2D eigenvalue weighted by molar-refractivity contribution is 7.88. The lowest BCUT2D eigenvalue weighted by Crippen LogP contribution is -2.52. The number of carbonyl (C=O) groups is 1. The number of hydrogen-bond acceptors (Lipinski definition) is 3. The number of benzene rings is 1. The summed E-state index contributed by atoms with van der Waals surface area (Å²) in [7, 11) is -3.20. The molecule has 22 heavy (non-hydrogen) atoms. The molecular weight excluding hydrogens is 307 g/mol. The van der Waals surface area contributed by atoms with Gasteiger partial charge in [-0.15, -0.1) is 0 Å². The van der Waals surface area contributed by atoms with Gasteiger partial charge in [0.2, 0.25) is 15.9 Å². The van der Waals surface area contributed by atoms with Crippen LogP contribution in [0.15, 0.2) is 24.3 Å². The lowest BCUT2D eigenvalue weighted by molar-refractivity contribution is -0.135. The highest BCUT2D eigenvalue weighted by Gasteiger charge is 2.53. The Bertz CT molecular complexity index is 675. The minimum absolute atomic E-state index is 0.0345. The number of carbonyl (C=O) groups excluding carboxylic acids is 1. The van der Waals surface area contributed by atoms with E-state index in [4.69, 9.17) is 0 Å². The van der Waals surface area contributed by atoms with Crippen LogP contribution >= 0.6 is 0 Å². The summed E-state index contributed by atoms with van der Waals surface area (Å²) >= 11 is 0. The summed E-state index contributed by atoms with van der Waals surface area (Å²) in [6.45, 7) is 1.50. The van der Waals surface area contributed by atoms with Gasteiger partial charge in [0.05, 0.1) is 11.7 Å². The van der Waals surface area contributed by atoms with Crippen LogP contribution in [0.3, 0.4) is 0 Å². The fourth-order valence-electron chi connectivity index (χ4n) is 3.05. The van der Waals surface area contributed by atoms with E-state index in [1.54, 1.807) is 17.0 Å². The number of piperazine rings is 1. The molecule has 2 aliphatic rings. The van der Waals surface area contributed by atoms with Crippen molar-refractivity contribution < 1.29 is 17.6 Å². The van der Waals surface area contributed by atoms with Crippen LogP contribution in [0, 0.1) is 5.82 Å². The van der Waals surface area contributed by atoms with Crippen molar-refractivity contribution in [3.8, 4) is 0 Å². The van der Waals surface area contributed by atoms with Gasteiger partial charge < -0.3 is 4.90 Å². The highest BCUT2D eigenvalue weighted by atomic mass is 32.2. The third-order valence-corrected chi connectivity index (χ3v) is 5.85. The van der Waals surface area contributed by atoms with Gasteiger partial charge in [-0.1, -0.05) is 12.1 Å². The third kappa shape index (κ3) is 2.75. The van der Waals surface area contributed by atoms with Gasteiger partial charge in [-0.25, -0.2) is 12.8 Å². The molecule has 1 saturated carbocycles. The Morgan fingerprint density at radius 1 is 1.09 bits per heavy atom. The van der Waals surface area contributed by atoms with Crippen molar-refractivity contribution in [2.75, 3.05) is 32.4 Å². The normalized spacial score (nSPS) is 21.6. The van der Waals surface area contributed by atoms with E-state index in [0.29, 0.717) is 26.2 Å². The number of amides is 1. The quantitative estimate of drug-likeness (QED) is 0.831. The Morgan fingerprint density at radius 3 is 2.09 bits per heavy atom. The molecule has 0 N–H and O–H groups in total. The maximum atomic E-state index is 13.0. The van der Waals surface area contributed by atoms with Gasteiger partial charge >= 0.3 is 0 Å². The molecule has 1 aliphatic carbocycles. The van der Waals surface area contributed by atoms with Crippen molar-refractivity contribution in [2.45, 2.75) is 18.3 Å². The highest BCUT2D eigenvalue weighted by Crippen LogP contribution is 2.49. The molecule has 1 amide bonds. The molecule has 5 nitrogen and oxygen atoms in total. The average molecular weight is 326 g/mol. The van der Waals surface area contributed by atoms with Gasteiger partial charge in [-0.3, -0.25) is 4.79 Å². The monoisotopic (exact) mass is 326 g/mol. The standard InChI is InChI=1S/C15H19FN2O3S/c1-22(20,21)18-10-8-17(9-11-18)14(19)15(6-7-15)12-2-4-13(16)5-3-12/h2-5H,6-11H2,1H3. The number of halogens is 1. The SMILES string of the molecule is CS(=O)(=O)N1CCN(C(=O)C2(c3ccc(F)cc3)CC2)CC1. The Labute approximate surface area is 129 Å². The fourth-order valence-corrected chi connectivity index (χ4v) is 3.87. The van der Waals surface area contributed by atoms with Gasteiger partial charge in [0.15, 0.2) is 0 Å². The van der Waals surface area contributed by atoms with E-state index in [1.165, 1.54) is 22.7 Å². The van der Waals surface area contributed by atoms with E-state index in [0.717, 1.165) is 18.4 Å². The average Bonchev–Trinajstić information content (AvgIpc) is 3.28. The molecule has 0 atom stereocenters. The molecule has 1 aliphatic heterocycles. The summed E-state index contributed by atoms with van der Waals surface area (Å²) in [5.41, 5.74) is 0.325. The molecule has 0 spiro atoms. The second kappa shape index (κ2) is 5.31. The summed E-state index contributed by atoms with van der Waals surface area (Å²) in [6.07, 6.45) is 2.72. The first kappa shape index (κ1) is 15.4. The summed E-state index contributed by atoms with van der Waals surface area (Å²) in [5, 5.41) is 0. The first-order valence-corrected chi connectivity index (χ1v) is 9.18. The van der Waals surface area contributed by atoms with Crippen LogP contribution in [0.25, 0.3) is 0 Å². The largest absolute Gasteiger partial charge is 0.339 e. The van der Waals surface area contributed by atoms with E-state index < -0.39 is 15.4 Å². The van der Waals surface area contributed by atoms with Crippen molar-refractivity contribution in [2.24, 2.45) is 0 Å². The molecule has 3 rings (SSSR count). The molecule has 1 aromatic rings. The molecule has 0 radical (unpaired) electrons. The van der Waals surface area contributed by atoms with Crippen LogP contribution in [0.1, 0.15) is 18.4 Å². The van der Waals surface area contributed by atoms with Gasteiger partial charge in [-0.05, 0) is 30.5 Å². The summed E-state index contributed by atoms with van der Waals surface area (Å²) in [4.78, 5) is 14.5. The molecule has 1 saturated heterocycles. The molecule has 2 fully saturated rings. The van der Waals surface area contributed by atoms with Gasteiger partial charge in [0.1, 0.15) is 5.82 Å². The molecule has 0 unspecified atom stereocenters. The van der Waals surface area contributed by atoms with Gasteiger partial charge in [-0.2, -0.15) is 4.31 Å². The zero-order chi connectivity index (χ0) is 16.0. The van der Waals surface area contributed by atoms with E-state index >= 15 is 0 Å². The summed E-state index contributed by atoms with van der Waals surface area (Å²) < 4.78 is 37.5. The lowest BCUT2D eigenvalue weighted by atomic mass is 9.94. The molecule has 0 aromatic heterocycles. The molecule has 1 heterocycles. The van der Waals surface area contributed by atoms with Crippen LogP contribution in [0.5, 0.6) is 0 Å². The number of hydrogen-bond donors (Lipinski definition) is 0. The van der Waals surface area contributed by atoms with Crippen LogP contribution in [-0.2, 0) is 20.2 Å². The topological polar surface area (TPSA) is 57.7 Å². The van der Waals surface area contributed by atoms with E-state index in [2.05, 4.69) is 0 Å². The first-order valence-electron chi connectivity index (χ1n) is 7.33. The second-order valence-corrected chi connectivity index (χ2v) is 8.03. The molecule has 1 aromatic carbocycles. The Hall–Kier alpha value is -1.47.